The molecule has 130 valence electrons. The second-order valence-corrected chi connectivity index (χ2v) is 5.47. The van der Waals surface area contributed by atoms with Crippen LogP contribution in [0.4, 0.5) is 0 Å². The molecule has 5 heteroatoms. The van der Waals surface area contributed by atoms with Gasteiger partial charge in [0.05, 0.1) is 6.10 Å². The van der Waals surface area contributed by atoms with E-state index >= 15 is 0 Å². The molecule has 1 aliphatic rings. The van der Waals surface area contributed by atoms with Crippen molar-refractivity contribution in [2.75, 3.05) is 13.2 Å². The molecule has 1 aromatic carbocycles. The maximum Gasteiger partial charge on any atom is 0.320 e. The molecule has 0 aliphatic carbocycles. The maximum atomic E-state index is 10.7. The Morgan fingerprint density at radius 2 is 2.04 bits per heavy atom. The van der Waals surface area contributed by atoms with Gasteiger partial charge in [0.25, 0.3) is 0 Å². The van der Waals surface area contributed by atoms with Crippen LogP contribution in [0, 0.1) is 5.92 Å². The van der Waals surface area contributed by atoms with Crippen molar-refractivity contribution in [3.63, 3.8) is 0 Å². The summed E-state index contributed by atoms with van der Waals surface area (Å²) in [6.45, 7) is 7.55. The summed E-state index contributed by atoms with van der Waals surface area (Å²) in [7, 11) is 0. The smallest absolute Gasteiger partial charge is 0.320 e. The number of benzene rings is 1. The Morgan fingerprint density at radius 3 is 2.61 bits per heavy atom. The first-order valence-electron chi connectivity index (χ1n) is 8.42. The van der Waals surface area contributed by atoms with Gasteiger partial charge in [-0.3, -0.25) is 4.79 Å². The molecule has 1 aromatic rings. The molecule has 0 saturated carbocycles. The average molecular weight is 323 g/mol. The van der Waals surface area contributed by atoms with Crippen LogP contribution in [0.25, 0.3) is 0 Å². The van der Waals surface area contributed by atoms with Gasteiger partial charge in [-0.05, 0) is 36.5 Å². The van der Waals surface area contributed by atoms with Crippen molar-refractivity contribution in [2.45, 2.75) is 52.2 Å². The minimum atomic E-state index is -0.987. The average Bonchev–Trinajstić information content (AvgIpc) is 3.03. The summed E-state index contributed by atoms with van der Waals surface area (Å²) in [6.07, 6.45) is 2.71. The summed E-state index contributed by atoms with van der Waals surface area (Å²) < 4.78 is 11.4. The molecule has 5 nitrogen and oxygen atoms in total. The summed E-state index contributed by atoms with van der Waals surface area (Å²) in [5.41, 5.74) is 6.40. The van der Waals surface area contributed by atoms with Crippen LogP contribution < -0.4 is 10.5 Å². The van der Waals surface area contributed by atoms with Gasteiger partial charge in [-0.25, -0.2) is 0 Å². The monoisotopic (exact) mass is 323 g/mol. The van der Waals surface area contributed by atoms with Crippen LogP contribution in [-0.4, -0.2) is 36.4 Å². The Morgan fingerprint density at radius 1 is 1.39 bits per heavy atom. The molecule has 1 heterocycles. The zero-order valence-corrected chi connectivity index (χ0v) is 14.3. The van der Waals surface area contributed by atoms with E-state index < -0.39 is 12.0 Å². The van der Waals surface area contributed by atoms with Gasteiger partial charge in [0.1, 0.15) is 18.4 Å². The molecule has 3 unspecified atom stereocenters. The molecule has 1 fully saturated rings. The summed E-state index contributed by atoms with van der Waals surface area (Å²) in [5.74, 6) is 0.366. The van der Waals surface area contributed by atoms with E-state index in [9.17, 15) is 4.79 Å². The Balaban J connectivity index is 0.00000127. The number of hydrogen-bond donors (Lipinski definition) is 2. The van der Waals surface area contributed by atoms with Crippen molar-refractivity contribution in [3.05, 3.63) is 29.8 Å². The minimum Gasteiger partial charge on any atom is -0.491 e. The topological polar surface area (TPSA) is 81.8 Å². The lowest BCUT2D eigenvalue weighted by molar-refractivity contribution is -0.138. The highest BCUT2D eigenvalue weighted by molar-refractivity contribution is 5.73. The number of ether oxygens (including phenoxy) is 2. The van der Waals surface area contributed by atoms with Gasteiger partial charge >= 0.3 is 5.97 Å². The van der Waals surface area contributed by atoms with Gasteiger partial charge in [-0.2, -0.15) is 0 Å². The predicted molar refractivity (Wildman–Crippen MR) is 90.7 cm³/mol. The van der Waals surface area contributed by atoms with E-state index in [2.05, 4.69) is 6.92 Å². The first kappa shape index (κ1) is 19.5. The van der Waals surface area contributed by atoms with E-state index in [1.807, 2.05) is 38.1 Å². The molecular formula is C18H29NO4. The van der Waals surface area contributed by atoms with Crippen molar-refractivity contribution in [2.24, 2.45) is 11.7 Å². The lowest BCUT2D eigenvalue weighted by Gasteiger charge is -2.17. The molecule has 0 bridgehead atoms. The van der Waals surface area contributed by atoms with E-state index in [0.29, 0.717) is 18.9 Å². The lowest BCUT2D eigenvalue weighted by Crippen LogP contribution is -2.32. The highest BCUT2D eigenvalue weighted by atomic mass is 16.5. The highest BCUT2D eigenvalue weighted by Gasteiger charge is 2.27. The van der Waals surface area contributed by atoms with Gasteiger partial charge < -0.3 is 20.3 Å². The molecule has 0 radical (unpaired) electrons. The fourth-order valence-corrected chi connectivity index (χ4v) is 2.59. The van der Waals surface area contributed by atoms with Gasteiger partial charge in [0, 0.05) is 6.61 Å². The molecule has 1 saturated heterocycles. The van der Waals surface area contributed by atoms with Crippen molar-refractivity contribution in [1.29, 1.82) is 0 Å². The van der Waals surface area contributed by atoms with E-state index in [0.717, 1.165) is 30.8 Å². The fourth-order valence-electron chi connectivity index (χ4n) is 2.59. The van der Waals surface area contributed by atoms with Gasteiger partial charge in [-0.15, -0.1) is 0 Å². The van der Waals surface area contributed by atoms with Gasteiger partial charge in [-0.1, -0.05) is 39.3 Å². The van der Waals surface area contributed by atoms with Crippen LogP contribution >= 0.6 is 0 Å². The van der Waals surface area contributed by atoms with Crippen LogP contribution in [0.2, 0.25) is 0 Å². The third-order valence-electron chi connectivity index (χ3n) is 3.98. The van der Waals surface area contributed by atoms with Crippen LogP contribution in [0.3, 0.4) is 0 Å². The molecule has 3 atom stereocenters. The van der Waals surface area contributed by atoms with Crippen LogP contribution in [0.1, 0.15) is 39.2 Å². The van der Waals surface area contributed by atoms with E-state index in [-0.39, 0.29) is 6.10 Å². The number of hydrogen-bond acceptors (Lipinski definition) is 4. The number of nitrogens with two attached hydrogens (primary N) is 1. The fraction of sp³-hybridized carbons (Fsp3) is 0.611. The third kappa shape index (κ3) is 6.20. The van der Waals surface area contributed by atoms with E-state index in [4.69, 9.17) is 20.3 Å². The summed E-state index contributed by atoms with van der Waals surface area (Å²) in [5, 5.41) is 8.79. The van der Waals surface area contributed by atoms with Crippen LogP contribution in [0.5, 0.6) is 5.75 Å². The maximum absolute atomic E-state index is 10.7. The number of carboxylic acids is 1. The number of carboxylic acid groups (broad SMARTS) is 1. The molecule has 23 heavy (non-hydrogen) atoms. The number of rotatable bonds is 7. The summed E-state index contributed by atoms with van der Waals surface area (Å²) in [6, 6.07) is 6.53. The van der Waals surface area contributed by atoms with E-state index in [1.165, 1.54) is 0 Å². The normalized spacial score (nSPS) is 21.2. The Bertz CT molecular complexity index is 461. The summed E-state index contributed by atoms with van der Waals surface area (Å²) in [4.78, 5) is 10.7. The number of aliphatic carboxylic acids is 1. The largest absolute Gasteiger partial charge is 0.491 e. The standard InChI is InChI=1S/C16H23NO4.C2H6/c1-2-12-7-8-20-15(12)10-21-13-5-3-11(4-6-13)9-14(17)16(18)19;1-2/h3-6,12,14-15H,2,7-10,17H2,1H3,(H,18,19);1-2H3. The van der Waals surface area contributed by atoms with E-state index in [1.54, 1.807) is 0 Å². The highest BCUT2D eigenvalue weighted by Crippen LogP contribution is 2.24. The quantitative estimate of drug-likeness (QED) is 0.806. The van der Waals surface area contributed by atoms with Crippen LogP contribution in [-0.2, 0) is 16.0 Å². The summed E-state index contributed by atoms with van der Waals surface area (Å²) >= 11 is 0. The molecule has 0 spiro atoms. The second kappa shape index (κ2) is 10.2. The molecule has 2 rings (SSSR count). The van der Waals surface area contributed by atoms with Crippen molar-refractivity contribution in [1.82, 2.24) is 0 Å². The lowest BCUT2D eigenvalue weighted by atomic mass is 9.99. The second-order valence-electron chi connectivity index (χ2n) is 5.47. The molecular weight excluding hydrogens is 294 g/mol. The van der Waals surface area contributed by atoms with Crippen molar-refractivity contribution >= 4 is 5.97 Å². The zero-order chi connectivity index (χ0) is 17.2. The van der Waals surface area contributed by atoms with Crippen molar-refractivity contribution < 1.29 is 19.4 Å². The molecule has 0 amide bonds. The van der Waals surface area contributed by atoms with Gasteiger partial charge in [0.2, 0.25) is 0 Å². The zero-order valence-electron chi connectivity index (χ0n) is 14.3. The molecule has 0 aromatic heterocycles. The predicted octanol–water partition coefficient (Wildman–Crippen LogP) is 2.86. The first-order valence-corrected chi connectivity index (χ1v) is 8.42. The molecule has 1 aliphatic heterocycles. The number of carbonyl (C=O) groups is 1. The Hall–Kier alpha value is -1.59. The molecule has 3 N–H and O–H groups in total. The van der Waals surface area contributed by atoms with Crippen molar-refractivity contribution in [3.8, 4) is 5.75 Å². The Labute approximate surface area is 138 Å². The first-order chi connectivity index (χ1) is 11.1. The SMILES string of the molecule is CC.CCC1CCOC1COc1ccc(CC(N)C(=O)O)cc1. The van der Waals surface area contributed by atoms with Crippen LogP contribution in [0.15, 0.2) is 24.3 Å². The minimum absolute atomic E-state index is 0.176. The van der Waals surface area contributed by atoms with Gasteiger partial charge in [0.15, 0.2) is 0 Å². The Kier molecular flexibility index (Phi) is 8.66. The third-order valence-corrected chi connectivity index (χ3v) is 3.98.